The first-order chi connectivity index (χ1) is 12.2. The standard InChI is InChI=1S/C17H16N4O2S2/c1-2-12-9-11(10-18)17(25-12)19-14(22)6-3-7-15-20-16(21-23-15)13-5-4-8-24-13/h4-5,8-9H,2-3,6-7H2,1H3,(H,19,22). The first kappa shape index (κ1) is 17.3. The quantitative estimate of drug-likeness (QED) is 0.669. The van der Waals surface area contributed by atoms with Gasteiger partial charge in [0.05, 0.1) is 10.4 Å². The molecule has 0 unspecified atom stereocenters. The minimum atomic E-state index is -0.112. The number of anilines is 1. The molecule has 0 radical (unpaired) electrons. The van der Waals surface area contributed by atoms with Crippen LogP contribution >= 0.6 is 22.7 Å². The number of carbonyl (C=O) groups is 1. The zero-order chi connectivity index (χ0) is 17.6. The molecule has 3 aromatic rings. The average molecular weight is 372 g/mol. The van der Waals surface area contributed by atoms with Crippen molar-refractivity contribution in [2.75, 3.05) is 5.32 Å². The summed E-state index contributed by atoms with van der Waals surface area (Å²) in [5.41, 5.74) is 0.521. The number of nitriles is 1. The van der Waals surface area contributed by atoms with Crippen molar-refractivity contribution in [1.82, 2.24) is 10.1 Å². The maximum atomic E-state index is 12.1. The molecule has 128 valence electrons. The maximum Gasteiger partial charge on any atom is 0.226 e. The van der Waals surface area contributed by atoms with Gasteiger partial charge in [-0.25, -0.2) is 0 Å². The molecule has 25 heavy (non-hydrogen) atoms. The summed E-state index contributed by atoms with van der Waals surface area (Å²) >= 11 is 3.00. The lowest BCUT2D eigenvalue weighted by Gasteiger charge is -2.02. The van der Waals surface area contributed by atoms with Gasteiger partial charge in [0.1, 0.15) is 11.1 Å². The Kier molecular flexibility index (Phi) is 5.58. The number of amides is 1. The largest absolute Gasteiger partial charge is 0.339 e. The minimum absolute atomic E-state index is 0.112. The number of hydrogen-bond donors (Lipinski definition) is 1. The van der Waals surface area contributed by atoms with E-state index >= 15 is 0 Å². The summed E-state index contributed by atoms with van der Waals surface area (Å²) in [6.07, 6.45) is 2.33. The highest BCUT2D eigenvalue weighted by Crippen LogP contribution is 2.28. The lowest BCUT2D eigenvalue weighted by molar-refractivity contribution is -0.116. The molecule has 0 atom stereocenters. The van der Waals surface area contributed by atoms with E-state index in [-0.39, 0.29) is 5.91 Å². The van der Waals surface area contributed by atoms with Crippen LogP contribution in [-0.2, 0) is 17.6 Å². The van der Waals surface area contributed by atoms with Crippen molar-refractivity contribution in [3.8, 4) is 16.8 Å². The van der Waals surface area contributed by atoms with Gasteiger partial charge in [0.15, 0.2) is 0 Å². The first-order valence-electron chi connectivity index (χ1n) is 7.88. The summed E-state index contributed by atoms with van der Waals surface area (Å²) in [6, 6.07) is 7.81. The van der Waals surface area contributed by atoms with E-state index in [0.29, 0.717) is 41.5 Å². The van der Waals surface area contributed by atoms with Crippen LogP contribution in [0, 0.1) is 11.3 Å². The smallest absolute Gasteiger partial charge is 0.226 e. The van der Waals surface area contributed by atoms with Crippen molar-refractivity contribution in [2.45, 2.75) is 32.6 Å². The second-order valence-corrected chi connectivity index (χ2v) is 7.40. The van der Waals surface area contributed by atoms with Crippen LogP contribution in [0.2, 0.25) is 0 Å². The highest BCUT2D eigenvalue weighted by Gasteiger charge is 2.13. The van der Waals surface area contributed by atoms with Crippen molar-refractivity contribution >= 4 is 33.6 Å². The number of aromatic nitrogens is 2. The second-order valence-electron chi connectivity index (χ2n) is 5.31. The van der Waals surface area contributed by atoms with Gasteiger partial charge < -0.3 is 9.84 Å². The van der Waals surface area contributed by atoms with E-state index in [1.54, 1.807) is 11.3 Å². The van der Waals surface area contributed by atoms with Crippen molar-refractivity contribution in [3.63, 3.8) is 0 Å². The Morgan fingerprint density at radius 2 is 2.36 bits per heavy atom. The second kappa shape index (κ2) is 8.05. The lowest BCUT2D eigenvalue weighted by Crippen LogP contribution is -2.11. The number of aryl methyl sites for hydroxylation is 2. The van der Waals surface area contributed by atoms with Gasteiger partial charge in [0.25, 0.3) is 0 Å². The van der Waals surface area contributed by atoms with Crippen molar-refractivity contribution in [3.05, 3.63) is 39.9 Å². The molecule has 0 saturated heterocycles. The van der Waals surface area contributed by atoms with E-state index in [1.807, 2.05) is 30.5 Å². The van der Waals surface area contributed by atoms with Crippen LogP contribution in [-0.4, -0.2) is 16.0 Å². The van der Waals surface area contributed by atoms with Gasteiger partial charge in [-0.15, -0.1) is 22.7 Å². The summed E-state index contributed by atoms with van der Waals surface area (Å²) in [5.74, 6) is 0.996. The van der Waals surface area contributed by atoms with Gasteiger partial charge in [-0.2, -0.15) is 10.2 Å². The molecule has 3 aromatic heterocycles. The van der Waals surface area contributed by atoms with E-state index in [2.05, 4.69) is 21.5 Å². The van der Waals surface area contributed by atoms with Gasteiger partial charge in [-0.05, 0) is 30.4 Å². The summed E-state index contributed by atoms with van der Waals surface area (Å²) < 4.78 is 5.22. The third-order valence-electron chi connectivity index (χ3n) is 3.51. The molecule has 3 rings (SSSR count). The predicted molar refractivity (Wildman–Crippen MR) is 97.6 cm³/mol. The Morgan fingerprint density at radius 1 is 1.48 bits per heavy atom. The van der Waals surface area contributed by atoms with E-state index < -0.39 is 0 Å². The molecular formula is C17H16N4O2S2. The molecule has 0 spiro atoms. The van der Waals surface area contributed by atoms with E-state index in [9.17, 15) is 4.79 Å². The molecule has 0 bridgehead atoms. The Labute approximate surface area is 153 Å². The zero-order valence-electron chi connectivity index (χ0n) is 13.6. The molecule has 8 heteroatoms. The molecule has 3 heterocycles. The number of thiophene rings is 2. The van der Waals surface area contributed by atoms with Gasteiger partial charge in [0, 0.05) is 17.7 Å². The van der Waals surface area contributed by atoms with Crippen LogP contribution in [0.4, 0.5) is 5.00 Å². The van der Waals surface area contributed by atoms with Crippen molar-refractivity contribution < 1.29 is 9.32 Å². The fraction of sp³-hybridized carbons (Fsp3) is 0.294. The predicted octanol–water partition coefficient (Wildman–Crippen LogP) is 4.26. The Balaban J connectivity index is 1.50. The lowest BCUT2D eigenvalue weighted by atomic mass is 10.2. The van der Waals surface area contributed by atoms with Crippen molar-refractivity contribution in [1.29, 1.82) is 5.26 Å². The molecule has 1 N–H and O–H groups in total. The molecule has 0 fully saturated rings. The van der Waals surface area contributed by atoms with Crippen molar-refractivity contribution in [2.24, 2.45) is 0 Å². The highest BCUT2D eigenvalue weighted by atomic mass is 32.1. The molecule has 0 aliphatic heterocycles. The van der Waals surface area contributed by atoms with Gasteiger partial charge >= 0.3 is 0 Å². The zero-order valence-corrected chi connectivity index (χ0v) is 15.2. The Hall–Kier alpha value is -2.50. The molecule has 6 nitrogen and oxygen atoms in total. The van der Waals surface area contributed by atoms with E-state index in [0.717, 1.165) is 16.2 Å². The Morgan fingerprint density at radius 3 is 3.08 bits per heavy atom. The summed E-state index contributed by atoms with van der Waals surface area (Å²) in [5, 5.41) is 18.5. The van der Waals surface area contributed by atoms with Crippen LogP contribution in [0.15, 0.2) is 28.1 Å². The number of carbonyl (C=O) groups excluding carboxylic acids is 1. The van der Waals surface area contributed by atoms with Crippen LogP contribution < -0.4 is 5.32 Å². The van der Waals surface area contributed by atoms with Gasteiger partial charge in [0.2, 0.25) is 17.6 Å². The van der Waals surface area contributed by atoms with Crippen LogP contribution in [0.5, 0.6) is 0 Å². The number of nitrogens with one attached hydrogen (secondary N) is 1. The third-order valence-corrected chi connectivity index (χ3v) is 5.57. The summed E-state index contributed by atoms with van der Waals surface area (Å²) in [4.78, 5) is 18.5. The number of rotatable bonds is 7. The summed E-state index contributed by atoms with van der Waals surface area (Å²) in [6.45, 7) is 2.02. The molecule has 0 aliphatic carbocycles. The van der Waals surface area contributed by atoms with E-state index in [1.165, 1.54) is 11.3 Å². The number of hydrogen-bond acceptors (Lipinski definition) is 7. The van der Waals surface area contributed by atoms with E-state index in [4.69, 9.17) is 9.78 Å². The fourth-order valence-corrected chi connectivity index (χ4v) is 3.86. The minimum Gasteiger partial charge on any atom is -0.339 e. The SMILES string of the molecule is CCc1cc(C#N)c(NC(=O)CCCc2nc(-c3cccs3)no2)s1. The van der Waals surface area contributed by atoms with Crippen LogP contribution in [0.25, 0.3) is 10.7 Å². The average Bonchev–Trinajstić information content (AvgIpc) is 3.35. The highest BCUT2D eigenvalue weighted by molar-refractivity contribution is 7.16. The fourth-order valence-electron chi connectivity index (χ4n) is 2.24. The van der Waals surface area contributed by atoms with Crippen LogP contribution in [0.3, 0.4) is 0 Å². The molecule has 0 saturated carbocycles. The summed E-state index contributed by atoms with van der Waals surface area (Å²) in [7, 11) is 0. The molecule has 0 aromatic carbocycles. The monoisotopic (exact) mass is 372 g/mol. The topological polar surface area (TPSA) is 91.8 Å². The molecular weight excluding hydrogens is 356 g/mol. The van der Waals surface area contributed by atoms with Gasteiger partial charge in [-0.1, -0.05) is 18.1 Å². The van der Waals surface area contributed by atoms with Crippen LogP contribution in [0.1, 0.15) is 36.1 Å². The van der Waals surface area contributed by atoms with Gasteiger partial charge in [-0.3, -0.25) is 4.79 Å². The normalized spacial score (nSPS) is 10.6. The molecule has 1 amide bonds. The third kappa shape index (κ3) is 4.32. The number of nitrogens with zero attached hydrogens (tertiary/aromatic N) is 3. The first-order valence-corrected chi connectivity index (χ1v) is 9.58. The Bertz CT molecular complexity index is 890. The molecule has 0 aliphatic rings. The maximum absolute atomic E-state index is 12.1.